The molecule has 0 aromatic heterocycles. The van der Waals surface area contributed by atoms with Gasteiger partial charge in [0, 0.05) is 22.4 Å². The van der Waals surface area contributed by atoms with Gasteiger partial charge in [-0.1, -0.05) is 232 Å². The minimum absolute atomic E-state index is 0.126. The molecule has 0 amide bonds. The van der Waals surface area contributed by atoms with E-state index in [0.717, 1.165) is 33.8 Å². The van der Waals surface area contributed by atoms with E-state index >= 15 is 0 Å². The fourth-order valence-electron chi connectivity index (χ4n) is 11.4. The Morgan fingerprint density at radius 2 is 0.757 bits per heavy atom. The molecule has 330 valence electrons. The molecule has 1 nitrogen and oxygen atoms in total. The van der Waals surface area contributed by atoms with Crippen molar-refractivity contribution in [2.24, 2.45) is 0 Å². The van der Waals surface area contributed by atoms with Crippen molar-refractivity contribution in [1.82, 2.24) is 0 Å². The third-order valence-corrected chi connectivity index (χ3v) is 14.9. The Bertz CT molecular complexity index is 3950. The SMILES string of the molecule is CC1(C)c2ccccc2-c2cc(N(c3ccc(-c4cccc5ccccc45)c(-c4ccccc4)c3)c3cc(-c4ccccc4)c(-c4ccc5c(ccc6ccccc65)c4)cc3-c3ccccc3)ccc21. The number of hydrogen-bond donors (Lipinski definition) is 0. The zero-order valence-corrected chi connectivity index (χ0v) is 39.3. The number of rotatable bonds is 8. The summed E-state index contributed by atoms with van der Waals surface area (Å²) in [6.45, 7) is 4.72. The van der Waals surface area contributed by atoms with E-state index in [0.29, 0.717) is 0 Å². The molecular formula is C69H49N. The van der Waals surface area contributed by atoms with Gasteiger partial charge in [0.25, 0.3) is 0 Å². The minimum atomic E-state index is -0.126. The molecule has 0 heterocycles. The van der Waals surface area contributed by atoms with Crippen LogP contribution in [0, 0.1) is 0 Å². The Balaban J connectivity index is 1.11. The molecule has 1 aliphatic carbocycles. The average molecular weight is 892 g/mol. The second kappa shape index (κ2) is 16.8. The van der Waals surface area contributed by atoms with Crippen molar-refractivity contribution in [2.75, 3.05) is 4.90 Å². The van der Waals surface area contributed by atoms with Crippen LogP contribution in [-0.4, -0.2) is 0 Å². The second-order valence-electron chi connectivity index (χ2n) is 19.2. The summed E-state index contributed by atoms with van der Waals surface area (Å²) in [6.07, 6.45) is 0. The van der Waals surface area contributed by atoms with Gasteiger partial charge >= 0.3 is 0 Å². The molecule has 1 heteroatoms. The van der Waals surface area contributed by atoms with Gasteiger partial charge in [0.2, 0.25) is 0 Å². The Labute approximate surface area is 410 Å². The monoisotopic (exact) mass is 891 g/mol. The summed E-state index contributed by atoms with van der Waals surface area (Å²) in [6, 6.07) is 96.6. The summed E-state index contributed by atoms with van der Waals surface area (Å²) in [4.78, 5) is 2.53. The van der Waals surface area contributed by atoms with Crippen LogP contribution in [0.15, 0.2) is 261 Å². The van der Waals surface area contributed by atoms with Crippen molar-refractivity contribution in [3.63, 3.8) is 0 Å². The normalized spacial score (nSPS) is 12.5. The number of hydrogen-bond acceptors (Lipinski definition) is 1. The summed E-state index contributed by atoms with van der Waals surface area (Å²) < 4.78 is 0. The highest BCUT2D eigenvalue weighted by molar-refractivity contribution is 6.09. The van der Waals surface area contributed by atoms with Crippen molar-refractivity contribution in [3.05, 3.63) is 272 Å². The molecule has 0 saturated heterocycles. The van der Waals surface area contributed by atoms with Crippen LogP contribution in [0.4, 0.5) is 17.1 Å². The predicted molar refractivity (Wildman–Crippen MR) is 298 cm³/mol. The lowest BCUT2D eigenvalue weighted by Gasteiger charge is -2.31. The molecule has 0 atom stereocenters. The lowest BCUT2D eigenvalue weighted by Crippen LogP contribution is -2.16. The Morgan fingerprint density at radius 3 is 1.49 bits per heavy atom. The lowest BCUT2D eigenvalue weighted by atomic mass is 9.82. The van der Waals surface area contributed by atoms with Gasteiger partial charge in [-0.2, -0.15) is 0 Å². The first-order valence-electron chi connectivity index (χ1n) is 24.4. The molecule has 12 aromatic carbocycles. The second-order valence-corrected chi connectivity index (χ2v) is 19.2. The van der Waals surface area contributed by atoms with Gasteiger partial charge in [-0.3, -0.25) is 0 Å². The molecule has 13 rings (SSSR count). The van der Waals surface area contributed by atoms with Gasteiger partial charge in [0.15, 0.2) is 0 Å². The summed E-state index contributed by atoms with van der Waals surface area (Å²) in [5.41, 5.74) is 20.2. The molecule has 0 spiro atoms. The fraction of sp³-hybridized carbons (Fsp3) is 0.0435. The van der Waals surface area contributed by atoms with E-state index in [2.05, 4.69) is 280 Å². The van der Waals surface area contributed by atoms with Crippen molar-refractivity contribution in [3.8, 4) is 66.8 Å². The molecule has 0 saturated carbocycles. The molecule has 0 fully saturated rings. The van der Waals surface area contributed by atoms with Crippen LogP contribution in [0.5, 0.6) is 0 Å². The molecule has 0 N–H and O–H groups in total. The van der Waals surface area contributed by atoms with Crippen molar-refractivity contribution in [1.29, 1.82) is 0 Å². The van der Waals surface area contributed by atoms with Crippen LogP contribution >= 0.6 is 0 Å². The summed E-state index contributed by atoms with van der Waals surface area (Å²) in [5, 5.41) is 7.48. The third kappa shape index (κ3) is 6.93. The van der Waals surface area contributed by atoms with Crippen LogP contribution < -0.4 is 4.90 Å². The number of nitrogens with zero attached hydrogens (tertiary/aromatic N) is 1. The minimum Gasteiger partial charge on any atom is -0.310 e. The maximum Gasteiger partial charge on any atom is 0.0546 e. The Morgan fingerprint density at radius 1 is 0.257 bits per heavy atom. The lowest BCUT2D eigenvalue weighted by molar-refractivity contribution is 0.660. The van der Waals surface area contributed by atoms with Crippen LogP contribution in [0.1, 0.15) is 25.0 Å². The van der Waals surface area contributed by atoms with Crippen LogP contribution in [0.25, 0.3) is 99.1 Å². The van der Waals surface area contributed by atoms with E-state index in [9.17, 15) is 0 Å². The topological polar surface area (TPSA) is 3.24 Å². The molecule has 0 radical (unpaired) electrons. The van der Waals surface area contributed by atoms with Gasteiger partial charge in [-0.15, -0.1) is 0 Å². The molecule has 0 unspecified atom stereocenters. The van der Waals surface area contributed by atoms with Crippen LogP contribution in [0.3, 0.4) is 0 Å². The zero-order chi connectivity index (χ0) is 46.8. The van der Waals surface area contributed by atoms with Gasteiger partial charge in [0.1, 0.15) is 0 Å². The van der Waals surface area contributed by atoms with Crippen LogP contribution in [-0.2, 0) is 5.41 Å². The summed E-state index contributed by atoms with van der Waals surface area (Å²) in [7, 11) is 0. The zero-order valence-electron chi connectivity index (χ0n) is 39.3. The van der Waals surface area contributed by atoms with E-state index < -0.39 is 0 Å². The smallest absolute Gasteiger partial charge is 0.0546 e. The molecule has 70 heavy (non-hydrogen) atoms. The first-order chi connectivity index (χ1) is 34.5. The van der Waals surface area contributed by atoms with Gasteiger partial charge in [0.05, 0.1) is 5.69 Å². The Hall–Kier alpha value is -8.78. The van der Waals surface area contributed by atoms with Crippen LogP contribution in [0.2, 0.25) is 0 Å². The molecule has 0 bridgehead atoms. The molecular weight excluding hydrogens is 843 g/mol. The largest absolute Gasteiger partial charge is 0.310 e. The van der Waals surface area contributed by atoms with Gasteiger partial charge in [-0.25, -0.2) is 0 Å². The molecule has 12 aromatic rings. The highest BCUT2D eigenvalue weighted by atomic mass is 15.1. The number of benzene rings is 12. The average Bonchev–Trinajstić information content (AvgIpc) is 3.66. The summed E-state index contributed by atoms with van der Waals surface area (Å²) >= 11 is 0. The maximum atomic E-state index is 2.53. The third-order valence-electron chi connectivity index (χ3n) is 14.9. The fourth-order valence-corrected chi connectivity index (χ4v) is 11.4. The number of fused-ring (bicyclic) bond motifs is 7. The molecule has 0 aliphatic heterocycles. The van der Waals surface area contributed by atoms with Crippen molar-refractivity contribution >= 4 is 49.4 Å². The Kier molecular flexibility index (Phi) is 9.92. The highest BCUT2D eigenvalue weighted by Gasteiger charge is 2.36. The molecule has 1 aliphatic rings. The van der Waals surface area contributed by atoms with Crippen molar-refractivity contribution in [2.45, 2.75) is 19.3 Å². The highest BCUT2D eigenvalue weighted by Crippen LogP contribution is 2.53. The first-order valence-corrected chi connectivity index (χ1v) is 24.4. The van der Waals surface area contributed by atoms with E-state index in [1.165, 1.54) is 93.5 Å². The van der Waals surface area contributed by atoms with Gasteiger partial charge < -0.3 is 4.90 Å². The summed E-state index contributed by atoms with van der Waals surface area (Å²) in [5.74, 6) is 0. The number of anilines is 3. The standard InChI is InChI=1S/C69H49N/c1-69(2)66-32-17-16-30-60(66)65-43-54(37-40-67(65)69)70(53-36-39-59(61(42-53)47-19-6-3-7-20-47)58-31-18-27-46-25-12-15-29-56(46)58)68-45-63(48-21-8-4-9-22-48)62(44-64(68)49-23-10-5-11-24-49)52-35-38-57-51(41-52)34-33-50-26-13-14-28-55(50)57/h3-45H,1-2H3. The van der Waals surface area contributed by atoms with E-state index in [1.807, 2.05) is 0 Å². The van der Waals surface area contributed by atoms with Crippen molar-refractivity contribution < 1.29 is 0 Å². The quantitative estimate of drug-likeness (QED) is 0.137. The predicted octanol–water partition coefficient (Wildman–Crippen LogP) is 19.3. The maximum absolute atomic E-state index is 2.53. The van der Waals surface area contributed by atoms with E-state index in [1.54, 1.807) is 0 Å². The van der Waals surface area contributed by atoms with Gasteiger partial charge in [-0.05, 0) is 147 Å². The van der Waals surface area contributed by atoms with E-state index in [-0.39, 0.29) is 5.41 Å². The van der Waals surface area contributed by atoms with E-state index in [4.69, 9.17) is 0 Å². The first kappa shape index (κ1) is 41.4.